The Balaban J connectivity index is 1.27. The van der Waals surface area contributed by atoms with Crippen molar-refractivity contribution in [3.63, 3.8) is 0 Å². The summed E-state index contributed by atoms with van der Waals surface area (Å²) < 4.78 is 12.9. The van der Waals surface area contributed by atoms with Gasteiger partial charge in [-0.1, -0.05) is 23.4 Å². The Labute approximate surface area is 146 Å². The summed E-state index contributed by atoms with van der Waals surface area (Å²) in [6.45, 7) is 3.20. The van der Waals surface area contributed by atoms with E-state index in [1.807, 2.05) is 46.1 Å². The molecule has 3 heterocycles. The van der Waals surface area contributed by atoms with Gasteiger partial charge in [0.2, 0.25) is 5.91 Å². The number of likely N-dealkylation sites (tertiary alicyclic amines) is 1. The summed E-state index contributed by atoms with van der Waals surface area (Å²) >= 11 is 0. The molecule has 0 saturated carbocycles. The molecule has 1 aromatic heterocycles. The molecule has 0 unspecified atom stereocenters. The Morgan fingerprint density at radius 3 is 2.72 bits per heavy atom. The summed E-state index contributed by atoms with van der Waals surface area (Å²) in [5.41, 5.74) is 0.790. The molecule has 1 aromatic carbocycles. The third-order valence-electron chi connectivity index (χ3n) is 4.81. The van der Waals surface area contributed by atoms with E-state index in [-0.39, 0.29) is 17.9 Å². The van der Waals surface area contributed by atoms with Crippen LogP contribution >= 0.6 is 0 Å². The van der Waals surface area contributed by atoms with Crippen molar-refractivity contribution in [3.8, 4) is 5.75 Å². The average molecular weight is 342 g/mol. The van der Waals surface area contributed by atoms with Crippen LogP contribution in [-0.2, 0) is 16.1 Å². The maximum Gasteiger partial charge on any atom is 0.226 e. The molecule has 0 N–H and O–H groups in total. The summed E-state index contributed by atoms with van der Waals surface area (Å²) in [5, 5.41) is 8.35. The van der Waals surface area contributed by atoms with Crippen molar-refractivity contribution in [2.24, 2.45) is 5.92 Å². The van der Waals surface area contributed by atoms with E-state index < -0.39 is 0 Å². The largest absolute Gasteiger partial charge is 0.487 e. The predicted octanol–water partition coefficient (Wildman–Crippen LogP) is 1.67. The van der Waals surface area contributed by atoms with Crippen LogP contribution in [0.15, 0.2) is 36.5 Å². The molecule has 0 radical (unpaired) electrons. The average Bonchev–Trinajstić information content (AvgIpc) is 3.09. The van der Waals surface area contributed by atoms with Crippen molar-refractivity contribution < 1.29 is 14.3 Å². The number of nitrogens with zero attached hydrogens (tertiary/aromatic N) is 4. The summed E-state index contributed by atoms with van der Waals surface area (Å²) in [5.74, 6) is 1.20. The predicted molar refractivity (Wildman–Crippen MR) is 90.0 cm³/mol. The number of aromatic nitrogens is 3. The standard InChI is InChI=1S/C18H22N4O3/c23-18(14-6-8-24-9-7-14)21-11-16(12-21)22-10-15(19-20-22)13-25-17-4-2-1-3-5-17/h1-5,10,14,16H,6-9,11-13H2. The zero-order valence-electron chi connectivity index (χ0n) is 14.1. The van der Waals surface area contributed by atoms with Gasteiger partial charge in [0.05, 0.1) is 12.2 Å². The van der Waals surface area contributed by atoms with Crippen LogP contribution in [0.2, 0.25) is 0 Å². The van der Waals surface area contributed by atoms with E-state index in [1.165, 1.54) is 0 Å². The maximum atomic E-state index is 12.4. The Morgan fingerprint density at radius 1 is 1.20 bits per heavy atom. The molecule has 0 atom stereocenters. The molecule has 1 amide bonds. The van der Waals surface area contributed by atoms with E-state index in [1.54, 1.807) is 0 Å². The van der Waals surface area contributed by atoms with Crippen molar-refractivity contribution in [3.05, 3.63) is 42.2 Å². The van der Waals surface area contributed by atoms with E-state index in [0.717, 1.165) is 24.3 Å². The van der Waals surface area contributed by atoms with E-state index in [2.05, 4.69) is 10.3 Å². The fourth-order valence-electron chi connectivity index (χ4n) is 3.24. The zero-order chi connectivity index (χ0) is 17.1. The SMILES string of the molecule is O=C(C1CCOCC1)N1CC(n2cc(COc3ccccc3)nn2)C1. The van der Waals surface area contributed by atoms with Crippen LogP contribution in [-0.4, -0.2) is 52.1 Å². The van der Waals surface area contributed by atoms with E-state index in [9.17, 15) is 4.79 Å². The lowest BCUT2D eigenvalue weighted by Gasteiger charge is -2.41. The molecule has 2 aliphatic heterocycles. The third-order valence-corrected chi connectivity index (χ3v) is 4.81. The van der Waals surface area contributed by atoms with Gasteiger partial charge in [-0.2, -0.15) is 0 Å². The number of rotatable bonds is 5. The number of para-hydroxylation sites is 1. The minimum absolute atomic E-state index is 0.125. The van der Waals surface area contributed by atoms with Crippen molar-refractivity contribution in [1.82, 2.24) is 19.9 Å². The van der Waals surface area contributed by atoms with Gasteiger partial charge < -0.3 is 14.4 Å². The summed E-state index contributed by atoms with van der Waals surface area (Å²) in [6, 6.07) is 9.86. The van der Waals surface area contributed by atoms with E-state index in [4.69, 9.17) is 9.47 Å². The molecule has 2 aromatic rings. The zero-order valence-corrected chi connectivity index (χ0v) is 14.1. The first-order valence-corrected chi connectivity index (χ1v) is 8.74. The van der Waals surface area contributed by atoms with Gasteiger partial charge >= 0.3 is 0 Å². The first-order chi connectivity index (χ1) is 12.3. The van der Waals surface area contributed by atoms with Gasteiger partial charge in [0.1, 0.15) is 18.1 Å². The smallest absolute Gasteiger partial charge is 0.226 e. The molecular formula is C18H22N4O3. The molecule has 7 nitrogen and oxygen atoms in total. The second-order valence-corrected chi connectivity index (χ2v) is 6.58. The van der Waals surface area contributed by atoms with Crippen molar-refractivity contribution >= 4 is 5.91 Å². The van der Waals surface area contributed by atoms with Gasteiger partial charge in [-0.3, -0.25) is 4.79 Å². The van der Waals surface area contributed by atoms with Gasteiger partial charge in [-0.05, 0) is 25.0 Å². The Kier molecular flexibility index (Phi) is 4.65. The topological polar surface area (TPSA) is 69.5 Å². The second kappa shape index (κ2) is 7.23. The van der Waals surface area contributed by atoms with E-state index >= 15 is 0 Å². The minimum atomic E-state index is 0.125. The Bertz CT molecular complexity index is 706. The number of carbonyl (C=O) groups excluding carboxylic acids is 1. The van der Waals surface area contributed by atoms with E-state index in [0.29, 0.717) is 32.9 Å². The second-order valence-electron chi connectivity index (χ2n) is 6.58. The van der Waals surface area contributed by atoms with Crippen LogP contribution in [0.3, 0.4) is 0 Å². The van der Waals surface area contributed by atoms with Gasteiger partial charge in [0.15, 0.2) is 0 Å². The Morgan fingerprint density at radius 2 is 1.96 bits per heavy atom. The Hall–Kier alpha value is -2.41. The number of benzene rings is 1. The van der Waals surface area contributed by atoms with Crippen molar-refractivity contribution in [2.45, 2.75) is 25.5 Å². The fourth-order valence-corrected chi connectivity index (χ4v) is 3.24. The normalized spacial score (nSPS) is 18.8. The van der Waals surface area contributed by atoms with Crippen LogP contribution in [0.4, 0.5) is 0 Å². The quantitative estimate of drug-likeness (QED) is 0.827. The van der Waals surface area contributed by atoms with Crippen LogP contribution in [0, 0.1) is 5.92 Å². The first kappa shape index (κ1) is 16.1. The lowest BCUT2D eigenvalue weighted by atomic mass is 9.96. The number of carbonyl (C=O) groups is 1. The van der Waals surface area contributed by atoms with Crippen LogP contribution in [0.25, 0.3) is 0 Å². The van der Waals surface area contributed by atoms with Gasteiger partial charge in [0.25, 0.3) is 0 Å². The van der Waals surface area contributed by atoms with Crippen LogP contribution < -0.4 is 4.74 Å². The fraction of sp³-hybridized carbons (Fsp3) is 0.500. The number of hydrogen-bond donors (Lipinski definition) is 0. The van der Waals surface area contributed by atoms with Gasteiger partial charge in [-0.25, -0.2) is 4.68 Å². The maximum absolute atomic E-state index is 12.4. The number of ether oxygens (including phenoxy) is 2. The van der Waals surface area contributed by atoms with Gasteiger partial charge in [0, 0.05) is 32.2 Å². The highest BCUT2D eigenvalue weighted by Gasteiger charge is 2.36. The number of amides is 1. The minimum Gasteiger partial charge on any atom is -0.487 e. The van der Waals surface area contributed by atoms with Crippen molar-refractivity contribution in [2.75, 3.05) is 26.3 Å². The highest BCUT2D eigenvalue weighted by atomic mass is 16.5. The summed E-state index contributed by atoms with van der Waals surface area (Å²) in [6.07, 6.45) is 3.58. The monoisotopic (exact) mass is 342 g/mol. The molecule has 25 heavy (non-hydrogen) atoms. The molecule has 132 valence electrons. The molecule has 4 rings (SSSR count). The third kappa shape index (κ3) is 3.66. The molecule has 2 saturated heterocycles. The molecule has 2 aliphatic rings. The molecule has 2 fully saturated rings. The highest BCUT2D eigenvalue weighted by molar-refractivity contribution is 5.79. The lowest BCUT2D eigenvalue weighted by Crippen LogP contribution is -2.53. The number of hydrogen-bond acceptors (Lipinski definition) is 5. The molecule has 0 spiro atoms. The van der Waals surface area contributed by atoms with Crippen molar-refractivity contribution in [1.29, 1.82) is 0 Å². The summed E-state index contributed by atoms with van der Waals surface area (Å²) in [4.78, 5) is 14.3. The van der Waals surface area contributed by atoms with Crippen LogP contribution in [0.5, 0.6) is 5.75 Å². The molecule has 0 aliphatic carbocycles. The molecule has 7 heteroatoms. The highest BCUT2D eigenvalue weighted by Crippen LogP contribution is 2.26. The molecule has 0 bridgehead atoms. The summed E-state index contributed by atoms with van der Waals surface area (Å²) in [7, 11) is 0. The molecular weight excluding hydrogens is 320 g/mol. The lowest BCUT2D eigenvalue weighted by molar-refractivity contribution is -0.144. The van der Waals surface area contributed by atoms with Crippen LogP contribution in [0.1, 0.15) is 24.6 Å². The first-order valence-electron chi connectivity index (χ1n) is 8.74. The van der Waals surface area contributed by atoms with Gasteiger partial charge in [-0.15, -0.1) is 5.10 Å².